The fourth-order valence-electron chi connectivity index (χ4n) is 1.50. The van der Waals surface area contributed by atoms with Crippen LogP contribution in [-0.4, -0.2) is 11.1 Å². The molecule has 5 nitrogen and oxygen atoms in total. The van der Waals surface area contributed by atoms with Gasteiger partial charge in [0.2, 0.25) is 5.91 Å². The van der Waals surface area contributed by atoms with Crippen molar-refractivity contribution in [1.29, 1.82) is 0 Å². The summed E-state index contributed by atoms with van der Waals surface area (Å²) in [6, 6.07) is 9.17. The molecule has 5 heteroatoms. The molecule has 1 aromatic heterocycles. The zero-order valence-electron chi connectivity index (χ0n) is 9.43. The highest BCUT2D eigenvalue weighted by atomic mass is 16.5. The van der Waals surface area contributed by atoms with Crippen molar-refractivity contribution in [3.63, 3.8) is 0 Å². The number of rotatable bonds is 3. The van der Waals surface area contributed by atoms with Crippen LogP contribution in [0.1, 0.15) is 12.7 Å². The Bertz CT molecular complexity index is 534. The highest BCUT2D eigenvalue weighted by Gasteiger charge is 2.06. The summed E-state index contributed by atoms with van der Waals surface area (Å²) >= 11 is 0. The van der Waals surface area contributed by atoms with Gasteiger partial charge in [-0.25, -0.2) is 0 Å². The van der Waals surface area contributed by atoms with E-state index in [1.54, 1.807) is 6.07 Å². The Hall–Kier alpha value is -2.14. The van der Waals surface area contributed by atoms with Gasteiger partial charge in [-0.15, -0.1) is 0 Å². The number of hydrogen-bond acceptors (Lipinski definition) is 4. The van der Waals surface area contributed by atoms with Crippen molar-refractivity contribution in [2.75, 3.05) is 5.32 Å². The van der Waals surface area contributed by atoms with E-state index in [1.807, 2.05) is 24.3 Å². The summed E-state index contributed by atoms with van der Waals surface area (Å²) in [4.78, 5) is 10.9. The van der Waals surface area contributed by atoms with Crippen LogP contribution in [0, 0.1) is 0 Å². The van der Waals surface area contributed by atoms with Crippen LogP contribution in [0.25, 0.3) is 11.3 Å². The molecule has 1 aromatic carbocycles. The number of nitrogens with one attached hydrogen (secondary N) is 1. The maximum Gasteiger partial charge on any atom is 0.221 e. The second kappa shape index (κ2) is 4.80. The van der Waals surface area contributed by atoms with E-state index in [0.29, 0.717) is 18.0 Å². The molecular weight excluding hydrogens is 218 g/mol. The number of nitrogens with zero attached hydrogens (tertiary/aromatic N) is 1. The van der Waals surface area contributed by atoms with E-state index in [-0.39, 0.29) is 5.91 Å². The first-order valence-electron chi connectivity index (χ1n) is 5.22. The van der Waals surface area contributed by atoms with Crippen LogP contribution >= 0.6 is 0 Å². The number of nitrogens with two attached hydrogens (primary N) is 1. The van der Waals surface area contributed by atoms with Crippen molar-refractivity contribution < 1.29 is 9.32 Å². The third-order valence-electron chi connectivity index (χ3n) is 2.24. The van der Waals surface area contributed by atoms with Crippen LogP contribution in [0.5, 0.6) is 0 Å². The smallest absolute Gasteiger partial charge is 0.221 e. The van der Waals surface area contributed by atoms with Gasteiger partial charge in [0.1, 0.15) is 5.69 Å². The molecule has 0 saturated heterocycles. The number of carbonyl (C=O) groups is 1. The molecule has 0 aliphatic rings. The standard InChI is InChI=1S/C12H13N3O2/c1-8(16)14-10-4-2-3-9(5-10)12-6-11(7-13)17-15-12/h2-6H,7,13H2,1H3,(H,14,16). The molecule has 0 unspecified atom stereocenters. The van der Waals surface area contributed by atoms with Gasteiger partial charge in [-0.2, -0.15) is 0 Å². The number of carbonyl (C=O) groups excluding carboxylic acids is 1. The molecule has 17 heavy (non-hydrogen) atoms. The summed E-state index contributed by atoms with van der Waals surface area (Å²) in [5.41, 5.74) is 7.76. The summed E-state index contributed by atoms with van der Waals surface area (Å²) in [7, 11) is 0. The Balaban J connectivity index is 2.29. The number of benzene rings is 1. The van der Waals surface area contributed by atoms with Crippen molar-refractivity contribution in [3.8, 4) is 11.3 Å². The average Bonchev–Trinajstić information content (AvgIpc) is 2.77. The first kappa shape index (κ1) is 11.3. The number of hydrogen-bond donors (Lipinski definition) is 2. The van der Waals surface area contributed by atoms with Gasteiger partial charge in [-0.1, -0.05) is 17.3 Å². The molecule has 0 fully saturated rings. The minimum absolute atomic E-state index is 0.107. The predicted octanol–water partition coefficient (Wildman–Crippen LogP) is 1.76. The molecule has 0 saturated carbocycles. The lowest BCUT2D eigenvalue weighted by Crippen LogP contribution is -2.05. The Kier molecular flexibility index (Phi) is 3.20. The third kappa shape index (κ3) is 2.70. The fourth-order valence-corrected chi connectivity index (χ4v) is 1.50. The van der Waals surface area contributed by atoms with E-state index in [2.05, 4.69) is 10.5 Å². The molecule has 0 aliphatic carbocycles. The van der Waals surface area contributed by atoms with Crippen LogP contribution in [0.2, 0.25) is 0 Å². The van der Waals surface area contributed by atoms with Gasteiger partial charge in [0.25, 0.3) is 0 Å². The average molecular weight is 231 g/mol. The largest absolute Gasteiger partial charge is 0.359 e. The Labute approximate surface area is 98.6 Å². The van der Waals surface area contributed by atoms with E-state index in [0.717, 1.165) is 11.3 Å². The minimum Gasteiger partial charge on any atom is -0.359 e. The summed E-state index contributed by atoms with van der Waals surface area (Å²) in [6.07, 6.45) is 0. The lowest BCUT2D eigenvalue weighted by Gasteiger charge is -2.02. The molecule has 2 rings (SSSR count). The van der Waals surface area contributed by atoms with Gasteiger partial charge in [0.05, 0.1) is 6.54 Å². The molecule has 0 spiro atoms. The van der Waals surface area contributed by atoms with E-state index in [1.165, 1.54) is 6.92 Å². The molecule has 0 bridgehead atoms. The van der Waals surface area contributed by atoms with Crippen LogP contribution in [0.15, 0.2) is 34.9 Å². The fraction of sp³-hybridized carbons (Fsp3) is 0.167. The van der Waals surface area contributed by atoms with Gasteiger partial charge in [-0.05, 0) is 12.1 Å². The first-order chi connectivity index (χ1) is 8.19. The number of anilines is 1. The van der Waals surface area contributed by atoms with Crippen molar-refractivity contribution in [3.05, 3.63) is 36.1 Å². The summed E-state index contributed by atoms with van der Waals surface area (Å²) in [5, 5.41) is 6.62. The van der Waals surface area contributed by atoms with Crippen LogP contribution in [-0.2, 0) is 11.3 Å². The van der Waals surface area contributed by atoms with Crippen molar-refractivity contribution in [2.24, 2.45) is 5.73 Å². The monoisotopic (exact) mass is 231 g/mol. The van der Waals surface area contributed by atoms with E-state index >= 15 is 0 Å². The SMILES string of the molecule is CC(=O)Nc1cccc(-c2cc(CN)on2)c1. The van der Waals surface area contributed by atoms with E-state index in [4.69, 9.17) is 10.3 Å². The Morgan fingerprint density at radius 3 is 2.94 bits per heavy atom. The van der Waals surface area contributed by atoms with Gasteiger partial charge in [-0.3, -0.25) is 4.79 Å². The second-order valence-electron chi connectivity index (χ2n) is 3.64. The van der Waals surface area contributed by atoms with Gasteiger partial charge in [0.15, 0.2) is 5.76 Å². The van der Waals surface area contributed by atoms with Crippen molar-refractivity contribution >= 4 is 11.6 Å². The summed E-state index contributed by atoms with van der Waals surface area (Å²) in [5.74, 6) is 0.523. The lowest BCUT2D eigenvalue weighted by atomic mass is 10.1. The zero-order valence-corrected chi connectivity index (χ0v) is 9.43. The Morgan fingerprint density at radius 2 is 2.29 bits per heavy atom. The maximum atomic E-state index is 10.9. The van der Waals surface area contributed by atoms with Crippen LogP contribution in [0.3, 0.4) is 0 Å². The molecule has 2 aromatic rings. The van der Waals surface area contributed by atoms with Gasteiger partial charge < -0.3 is 15.6 Å². The highest BCUT2D eigenvalue weighted by Crippen LogP contribution is 2.22. The normalized spacial score (nSPS) is 10.2. The van der Waals surface area contributed by atoms with Crippen molar-refractivity contribution in [1.82, 2.24) is 5.16 Å². The summed E-state index contributed by atoms with van der Waals surface area (Å²) < 4.78 is 5.03. The molecule has 0 aliphatic heterocycles. The molecular formula is C12H13N3O2. The highest BCUT2D eigenvalue weighted by molar-refractivity contribution is 5.89. The minimum atomic E-state index is -0.107. The molecule has 1 amide bonds. The molecule has 3 N–H and O–H groups in total. The topological polar surface area (TPSA) is 81.2 Å². The van der Waals surface area contributed by atoms with Crippen molar-refractivity contribution in [2.45, 2.75) is 13.5 Å². The Morgan fingerprint density at radius 1 is 1.47 bits per heavy atom. The van der Waals surface area contributed by atoms with Gasteiger partial charge >= 0.3 is 0 Å². The van der Waals surface area contributed by atoms with Crippen LogP contribution < -0.4 is 11.1 Å². The van der Waals surface area contributed by atoms with E-state index in [9.17, 15) is 4.79 Å². The predicted molar refractivity (Wildman–Crippen MR) is 64.1 cm³/mol. The molecule has 1 heterocycles. The lowest BCUT2D eigenvalue weighted by molar-refractivity contribution is -0.114. The molecule has 0 atom stereocenters. The zero-order chi connectivity index (χ0) is 12.3. The van der Waals surface area contributed by atoms with E-state index < -0.39 is 0 Å². The quantitative estimate of drug-likeness (QED) is 0.843. The molecule has 0 radical (unpaired) electrons. The molecule has 88 valence electrons. The maximum absolute atomic E-state index is 10.9. The second-order valence-corrected chi connectivity index (χ2v) is 3.64. The first-order valence-corrected chi connectivity index (χ1v) is 5.22. The summed E-state index contributed by atoms with van der Waals surface area (Å²) in [6.45, 7) is 1.79. The number of aromatic nitrogens is 1. The number of amides is 1. The van der Waals surface area contributed by atoms with Crippen LogP contribution in [0.4, 0.5) is 5.69 Å². The third-order valence-corrected chi connectivity index (χ3v) is 2.24. The van der Waals surface area contributed by atoms with Gasteiger partial charge in [0, 0.05) is 24.2 Å².